The van der Waals surface area contributed by atoms with Gasteiger partial charge in [-0.25, -0.2) is 4.98 Å². The maximum absolute atomic E-state index is 12.9. The monoisotopic (exact) mass is 376 g/mol. The van der Waals surface area contributed by atoms with Crippen LogP contribution in [0.4, 0.5) is 19.0 Å². The average Bonchev–Trinajstić information content (AvgIpc) is 2.41. The highest BCUT2D eigenvalue weighted by molar-refractivity contribution is 9.10. The van der Waals surface area contributed by atoms with Crippen LogP contribution >= 0.6 is 27.7 Å². The minimum atomic E-state index is -4.39. The molecule has 0 aliphatic carbocycles. The van der Waals surface area contributed by atoms with Crippen molar-refractivity contribution in [1.82, 2.24) is 4.98 Å². The summed E-state index contributed by atoms with van der Waals surface area (Å²) >= 11 is 4.56. The molecule has 0 unspecified atom stereocenters. The van der Waals surface area contributed by atoms with Crippen molar-refractivity contribution >= 4 is 33.5 Å². The van der Waals surface area contributed by atoms with Gasteiger partial charge in [-0.05, 0) is 47.1 Å². The van der Waals surface area contributed by atoms with Gasteiger partial charge in [0.25, 0.3) is 0 Å². The largest absolute Gasteiger partial charge is 0.416 e. The molecule has 2 nitrogen and oxygen atoms in total. The molecule has 2 aromatic rings. The zero-order chi connectivity index (χ0) is 15.5. The van der Waals surface area contributed by atoms with Gasteiger partial charge in [0.2, 0.25) is 0 Å². The number of hydrogen-bond acceptors (Lipinski definition) is 3. The summed E-state index contributed by atoms with van der Waals surface area (Å²) < 4.78 is 39.6. The molecule has 0 aliphatic heterocycles. The van der Waals surface area contributed by atoms with Crippen molar-refractivity contribution in [3.05, 3.63) is 46.4 Å². The second-order valence-corrected chi connectivity index (χ2v) is 6.06. The molecular weight excluding hydrogens is 365 g/mol. The fraction of sp³-hybridized carbons (Fsp3) is 0.214. The topological polar surface area (TPSA) is 24.9 Å². The highest BCUT2D eigenvalue weighted by Gasteiger charge is 2.31. The second-order valence-electron chi connectivity index (χ2n) is 4.14. The van der Waals surface area contributed by atoms with Crippen LogP contribution in [-0.2, 0) is 6.18 Å². The first-order valence-electron chi connectivity index (χ1n) is 6.15. The number of aromatic nitrogens is 1. The Balaban J connectivity index is 2.38. The molecule has 0 fully saturated rings. The van der Waals surface area contributed by atoms with E-state index in [2.05, 4.69) is 26.2 Å². The quantitative estimate of drug-likeness (QED) is 0.768. The Morgan fingerprint density at radius 1 is 1.24 bits per heavy atom. The number of nitrogens with one attached hydrogen (secondary N) is 1. The van der Waals surface area contributed by atoms with E-state index in [1.807, 2.05) is 31.2 Å². The molecule has 0 radical (unpaired) electrons. The molecule has 0 amide bonds. The van der Waals surface area contributed by atoms with E-state index >= 15 is 0 Å². The van der Waals surface area contributed by atoms with E-state index in [-0.39, 0.29) is 5.82 Å². The smallest absolute Gasteiger partial charge is 0.370 e. The molecule has 0 saturated heterocycles. The third-order valence-corrected chi connectivity index (χ3v) is 4.49. The molecule has 2 rings (SSSR count). The van der Waals surface area contributed by atoms with Crippen LogP contribution < -0.4 is 5.32 Å². The summed E-state index contributed by atoms with van der Waals surface area (Å²) in [5.74, 6) is 0.224. The number of rotatable bonds is 4. The standard InChI is InChI=1S/C14H12BrF3N2S/c1-2-19-12-7-9(14(16,17)18)8-13(20-12)21-11-6-4-3-5-10(11)15/h3-8H,2H2,1H3,(H,19,20). The second kappa shape index (κ2) is 6.70. The van der Waals surface area contributed by atoms with Gasteiger partial charge >= 0.3 is 6.18 Å². The third kappa shape index (κ3) is 4.38. The number of hydrogen-bond donors (Lipinski definition) is 1. The highest BCUT2D eigenvalue weighted by atomic mass is 79.9. The predicted molar refractivity (Wildman–Crippen MR) is 81.7 cm³/mol. The van der Waals surface area contributed by atoms with Crippen LogP contribution in [0.3, 0.4) is 0 Å². The first kappa shape index (κ1) is 16.2. The third-order valence-electron chi connectivity index (χ3n) is 2.54. The number of benzene rings is 1. The summed E-state index contributed by atoms with van der Waals surface area (Å²) in [5, 5.41) is 3.12. The van der Waals surface area contributed by atoms with Gasteiger partial charge in [0.1, 0.15) is 10.8 Å². The lowest BCUT2D eigenvalue weighted by atomic mass is 10.2. The molecule has 112 valence electrons. The van der Waals surface area contributed by atoms with Crippen molar-refractivity contribution in [2.24, 2.45) is 0 Å². The maximum atomic E-state index is 12.9. The summed E-state index contributed by atoms with van der Waals surface area (Å²) in [5.41, 5.74) is -0.706. The highest BCUT2D eigenvalue weighted by Crippen LogP contribution is 2.37. The van der Waals surface area contributed by atoms with E-state index in [4.69, 9.17) is 0 Å². The SMILES string of the molecule is CCNc1cc(C(F)(F)F)cc(Sc2ccccc2Br)n1. The lowest BCUT2D eigenvalue weighted by Gasteiger charge is -2.12. The van der Waals surface area contributed by atoms with Gasteiger partial charge in [-0.2, -0.15) is 13.2 Å². The first-order valence-corrected chi connectivity index (χ1v) is 7.76. The van der Waals surface area contributed by atoms with Crippen LogP contribution in [0.5, 0.6) is 0 Å². The summed E-state index contributed by atoms with van der Waals surface area (Å²) in [6, 6.07) is 9.41. The fourth-order valence-electron chi connectivity index (χ4n) is 1.63. The zero-order valence-corrected chi connectivity index (χ0v) is 13.4. The number of pyridine rings is 1. The molecule has 1 N–H and O–H groups in total. The van der Waals surface area contributed by atoms with Crippen molar-refractivity contribution in [1.29, 1.82) is 0 Å². The minimum absolute atomic E-state index is 0.224. The molecule has 21 heavy (non-hydrogen) atoms. The number of nitrogens with zero attached hydrogens (tertiary/aromatic N) is 1. The number of anilines is 1. The van der Waals surface area contributed by atoms with E-state index in [0.717, 1.165) is 21.5 Å². The first-order chi connectivity index (χ1) is 9.90. The van der Waals surface area contributed by atoms with Gasteiger partial charge in [0.05, 0.1) is 5.56 Å². The summed E-state index contributed by atoms with van der Waals surface area (Å²) in [4.78, 5) is 5.02. The van der Waals surface area contributed by atoms with Gasteiger partial charge in [-0.3, -0.25) is 0 Å². The fourth-order valence-corrected chi connectivity index (χ4v) is 3.03. The summed E-state index contributed by atoms with van der Waals surface area (Å²) in [6.07, 6.45) is -4.39. The van der Waals surface area contributed by atoms with Crippen molar-refractivity contribution in [3.8, 4) is 0 Å². The molecule has 0 saturated carbocycles. The van der Waals surface area contributed by atoms with Crippen LogP contribution in [0.15, 0.2) is 50.8 Å². The van der Waals surface area contributed by atoms with E-state index in [1.165, 1.54) is 11.8 Å². The van der Waals surface area contributed by atoms with Gasteiger partial charge in [0.15, 0.2) is 0 Å². The average molecular weight is 377 g/mol. The zero-order valence-electron chi connectivity index (χ0n) is 11.0. The molecule has 0 aliphatic rings. The van der Waals surface area contributed by atoms with E-state index in [0.29, 0.717) is 11.6 Å². The van der Waals surface area contributed by atoms with Crippen molar-refractivity contribution in [3.63, 3.8) is 0 Å². The lowest BCUT2D eigenvalue weighted by molar-refractivity contribution is -0.137. The Kier molecular flexibility index (Phi) is 5.16. The Bertz CT molecular complexity index is 632. The van der Waals surface area contributed by atoms with E-state index < -0.39 is 11.7 Å². The van der Waals surface area contributed by atoms with Crippen LogP contribution in [0.2, 0.25) is 0 Å². The van der Waals surface area contributed by atoms with Gasteiger partial charge in [-0.1, -0.05) is 23.9 Å². The van der Waals surface area contributed by atoms with Gasteiger partial charge in [0, 0.05) is 15.9 Å². The van der Waals surface area contributed by atoms with Crippen molar-refractivity contribution < 1.29 is 13.2 Å². The molecule has 0 atom stereocenters. The Morgan fingerprint density at radius 2 is 1.95 bits per heavy atom. The van der Waals surface area contributed by atoms with Crippen LogP contribution in [-0.4, -0.2) is 11.5 Å². The van der Waals surface area contributed by atoms with E-state index in [9.17, 15) is 13.2 Å². The van der Waals surface area contributed by atoms with Crippen LogP contribution in [0.25, 0.3) is 0 Å². The molecule has 1 heterocycles. The number of alkyl halides is 3. The lowest BCUT2D eigenvalue weighted by Crippen LogP contribution is -2.08. The molecule has 1 aromatic carbocycles. The van der Waals surface area contributed by atoms with Crippen LogP contribution in [0, 0.1) is 0 Å². The summed E-state index contributed by atoms with van der Waals surface area (Å²) in [7, 11) is 0. The molecule has 0 spiro atoms. The Morgan fingerprint density at radius 3 is 2.57 bits per heavy atom. The van der Waals surface area contributed by atoms with Gasteiger partial charge in [-0.15, -0.1) is 0 Å². The minimum Gasteiger partial charge on any atom is -0.370 e. The van der Waals surface area contributed by atoms with Crippen molar-refractivity contribution in [2.75, 3.05) is 11.9 Å². The van der Waals surface area contributed by atoms with E-state index in [1.54, 1.807) is 0 Å². The van der Waals surface area contributed by atoms with Crippen molar-refractivity contribution in [2.45, 2.75) is 23.0 Å². The predicted octanol–water partition coefficient (Wildman–Crippen LogP) is 5.45. The normalized spacial score (nSPS) is 11.5. The molecule has 7 heteroatoms. The number of halogens is 4. The molecular formula is C14H12BrF3N2S. The maximum Gasteiger partial charge on any atom is 0.416 e. The Hall–Kier alpha value is -1.21. The summed E-state index contributed by atoms with van der Waals surface area (Å²) in [6.45, 7) is 2.32. The Labute approximate surface area is 133 Å². The van der Waals surface area contributed by atoms with Crippen LogP contribution in [0.1, 0.15) is 12.5 Å². The molecule has 1 aromatic heterocycles. The molecule has 0 bridgehead atoms. The van der Waals surface area contributed by atoms with Gasteiger partial charge < -0.3 is 5.32 Å².